The summed E-state index contributed by atoms with van der Waals surface area (Å²) in [6, 6.07) is 0. The van der Waals surface area contributed by atoms with Gasteiger partial charge in [0.15, 0.2) is 0 Å². The molecule has 3 nitrogen and oxygen atoms in total. The van der Waals surface area contributed by atoms with E-state index in [0.29, 0.717) is 6.42 Å². The van der Waals surface area contributed by atoms with E-state index in [0.717, 1.165) is 12.8 Å². The molecule has 0 aromatic heterocycles. The molecule has 0 unspecified atom stereocenters. The molecule has 0 atom stereocenters. The SMILES string of the molecule is CC#CCN1C(=O)CC(CC)(CC)C1=O. The Hall–Kier alpha value is -1.30. The highest BCUT2D eigenvalue weighted by Crippen LogP contribution is 2.38. The van der Waals surface area contributed by atoms with Crippen molar-refractivity contribution in [2.75, 3.05) is 6.54 Å². The first-order valence-electron chi connectivity index (χ1n) is 5.35. The molecule has 0 radical (unpaired) electrons. The van der Waals surface area contributed by atoms with Crippen LogP contribution < -0.4 is 0 Å². The van der Waals surface area contributed by atoms with E-state index in [2.05, 4.69) is 11.8 Å². The van der Waals surface area contributed by atoms with E-state index in [1.54, 1.807) is 6.92 Å². The normalized spacial score (nSPS) is 19.0. The van der Waals surface area contributed by atoms with Crippen LogP contribution in [0.2, 0.25) is 0 Å². The van der Waals surface area contributed by atoms with Crippen molar-refractivity contribution in [2.24, 2.45) is 5.41 Å². The summed E-state index contributed by atoms with van der Waals surface area (Å²) in [5, 5.41) is 0. The maximum Gasteiger partial charge on any atom is 0.236 e. The van der Waals surface area contributed by atoms with Gasteiger partial charge in [0.1, 0.15) is 0 Å². The molecule has 1 fully saturated rings. The maximum absolute atomic E-state index is 12.0. The maximum atomic E-state index is 12.0. The van der Waals surface area contributed by atoms with Crippen molar-refractivity contribution in [1.29, 1.82) is 0 Å². The number of carbonyl (C=O) groups excluding carboxylic acids is 2. The lowest BCUT2D eigenvalue weighted by Gasteiger charge is -2.22. The second-order valence-corrected chi connectivity index (χ2v) is 3.88. The van der Waals surface area contributed by atoms with Crippen molar-refractivity contribution in [3.8, 4) is 11.8 Å². The number of amides is 2. The molecule has 0 aliphatic carbocycles. The zero-order valence-electron chi connectivity index (χ0n) is 9.59. The topological polar surface area (TPSA) is 37.4 Å². The highest BCUT2D eigenvalue weighted by Gasteiger charge is 2.48. The average Bonchev–Trinajstić information content (AvgIpc) is 2.49. The van der Waals surface area contributed by atoms with Crippen molar-refractivity contribution in [3.63, 3.8) is 0 Å². The quantitative estimate of drug-likeness (QED) is 0.520. The van der Waals surface area contributed by atoms with E-state index < -0.39 is 5.41 Å². The highest BCUT2D eigenvalue weighted by molar-refractivity contribution is 6.06. The number of carbonyl (C=O) groups is 2. The summed E-state index contributed by atoms with van der Waals surface area (Å²) in [6.07, 6.45) is 1.80. The third-order valence-electron chi connectivity index (χ3n) is 3.26. The van der Waals surface area contributed by atoms with Gasteiger partial charge in [-0.05, 0) is 19.8 Å². The Morgan fingerprint density at radius 3 is 2.33 bits per heavy atom. The molecule has 15 heavy (non-hydrogen) atoms. The molecule has 1 rings (SSSR count). The summed E-state index contributed by atoms with van der Waals surface area (Å²) in [5.74, 6) is 5.36. The third kappa shape index (κ3) is 1.90. The minimum Gasteiger partial charge on any atom is -0.274 e. The Labute approximate surface area is 90.8 Å². The second-order valence-electron chi connectivity index (χ2n) is 3.88. The monoisotopic (exact) mass is 207 g/mol. The fourth-order valence-electron chi connectivity index (χ4n) is 1.98. The Bertz CT molecular complexity index is 331. The molecular weight excluding hydrogens is 190 g/mol. The average molecular weight is 207 g/mol. The van der Waals surface area contributed by atoms with E-state index in [9.17, 15) is 9.59 Å². The van der Waals surface area contributed by atoms with Crippen LogP contribution in [0.5, 0.6) is 0 Å². The van der Waals surface area contributed by atoms with Crippen LogP contribution in [-0.4, -0.2) is 23.3 Å². The van der Waals surface area contributed by atoms with Gasteiger partial charge in [-0.25, -0.2) is 0 Å². The summed E-state index contributed by atoms with van der Waals surface area (Å²) in [7, 11) is 0. The van der Waals surface area contributed by atoms with Crippen LogP contribution in [0.15, 0.2) is 0 Å². The fraction of sp³-hybridized carbons (Fsp3) is 0.667. The minimum absolute atomic E-state index is 0.0414. The van der Waals surface area contributed by atoms with Crippen LogP contribution in [0.1, 0.15) is 40.0 Å². The molecule has 1 saturated heterocycles. The molecule has 0 spiro atoms. The highest BCUT2D eigenvalue weighted by atomic mass is 16.2. The molecule has 1 aliphatic heterocycles. The molecule has 1 heterocycles. The lowest BCUT2D eigenvalue weighted by atomic mass is 9.81. The first kappa shape index (κ1) is 11.8. The van der Waals surface area contributed by atoms with Crippen molar-refractivity contribution >= 4 is 11.8 Å². The van der Waals surface area contributed by atoms with E-state index in [1.807, 2.05) is 13.8 Å². The Morgan fingerprint density at radius 2 is 1.93 bits per heavy atom. The molecule has 0 N–H and O–H groups in total. The second kappa shape index (κ2) is 4.48. The summed E-state index contributed by atoms with van der Waals surface area (Å²) >= 11 is 0. The molecule has 1 aliphatic rings. The van der Waals surface area contributed by atoms with E-state index >= 15 is 0 Å². The van der Waals surface area contributed by atoms with Crippen LogP contribution >= 0.6 is 0 Å². The molecule has 3 heteroatoms. The van der Waals surface area contributed by atoms with Gasteiger partial charge in [-0.1, -0.05) is 19.8 Å². The lowest BCUT2D eigenvalue weighted by Crippen LogP contribution is -2.35. The largest absolute Gasteiger partial charge is 0.274 e. The van der Waals surface area contributed by atoms with E-state index in [1.165, 1.54) is 4.90 Å². The minimum atomic E-state index is -0.452. The van der Waals surface area contributed by atoms with Gasteiger partial charge < -0.3 is 0 Å². The molecule has 0 aromatic carbocycles. The third-order valence-corrected chi connectivity index (χ3v) is 3.26. The van der Waals surface area contributed by atoms with Gasteiger partial charge in [-0.3, -0.25) is 14.5 Å². The fourth-order valence-corrected chi connectivity index (χ4v) is 1.98. The van der Waals surface area contributed by atoms with E-state index in [4.69, 9.17) is 0 Å². The molecule has 0 saturated carbocycles. The Kier molecular flexibility index (Phi) is 3.52. The Balaban J connectivity index is 2.90. The molecule has 82 valence electrons. The van der Waals surface area contributed by atoms with Crippen LogP contribution in [0.3, 0.4) is 0 Å². The predicted octanol–water partition coefficient (Wildman–Crippen LogP) is 1.58. The number of hydrogen-bond acceptors (Lipinski definition) is 2. The van der Waals surface area contributed by atoms with Crippen molar-refractivity contribution in [3.05, 3.63) is 0 Å². The smallest absolute Gasteiger partial charge is 0.236 e. The first-order chi connectivity index (χ1) is 7.11. The van der Waals surface area contributed by atoms with Crippen molar-refractivity contribution < 1.29 is 9.59 Å². The van der Waals surface area contributed by atoms with Gasteiger partial charge in [-0.2, -0.15) is 0 Å². The standard InChI is InChI=1S/C12H17NO2/c1-4-7-8-13-10(14)9-12(5-2,6-3)11(13)15/h5-6,8-9H2,1-3H3. The van der Waals surface area contributed by atoms with Gasteiger partial charge in [0.05, 0.1) is 12.0 Å². The summed E-state index contributed by atoms with van der Waals surface area (Å²) in [6.45, 7) is 5.88. The molecule has 2 amide bonds. The van der Waals surface area contributed by atoms with Gasteiger partial charge in [-0.15, -0.1) is 5.92 Å². The summed E-state index contributed by atoms with van der Waals surface area (Å²) in [5.41, 5.74) is -0.452. The zero-order chi connectivity index (χ0) is 11.5. The van der Waals surface area contributed by atoms with Crippen LogP contribution in [0, 0.1) is 17.3 Å². The zero-order valence-corrected chi connectivity index (χ0v) is 9.59. The number of likely N-dealkylation sites (tertiary alicyclic amines) is 1. The number of hydrogen-bond donors (Lipinski definition) is 0. The lowest BCUT2D eigenvalue weighted by molar-refractivity contribution is -0.140. The molecular formula is C12H17NO2. The molecule has 0 bridgehead atoms. The van der Waals surface area contributed by atoms with Gasteiger partial charge in [0, 0.05) is 6.42 Å². The van der Waals surface area contributed by atoms with Gasteiger partial charge >= 0.3 is 0 Å². The summed E-state index contributed by atoms with van der Waals surface area (Å²) < 4.78 is 0. The van der Waals surface area contributed by atoms with E-state index in [-0.39, 0.29) is 18.4 Å². The summed E-state index contributed by atoms with van der Waals surface area (Å²) in [4.78, 5) is 25.0. The van der Waals surface area contributed by atoms with Gasteiger partial charge in [0.2, 0.25) is 11.8 Å². The first-order valence-corrected chi connectivity index (χ1v) is 5.35. The van der Waals surface area contributed by atoms with Crippen LogP contribution in [0.4, 0.5) is 0 Å². The Morgan fingerprint density at radius 1 is 1.33 bits per heavy atom. The number of nitrogens with zero attached hydrogens (tertiary/aromatic N) is 1. The van der Waals surface area contributed by atoms with Crippen molar-refractivity contribution in [2.45, 2.75) is 40.0 Å². The van der Waals surface area contributed by atoms with Gasteiger partial charge in [0.25, 0.3) is 0 Å². The number of rotatable bonds is 3. The van der Waals surface area contributed by atoms with Crippen LogP contribution in [0.25, 0.3) is 0 Å². The van der Waals surface area contributed by atoms with Crippen LogP contribution in [-0.2, 0) is 9.59 Å². The predicted molar refractivity (Wildman–Crippen MR) is 57.8 cm³/mol. The number of imide groups is 1. The van der Waals surface area contributed by atoms with Crippen molar-refractivity contribution in [1.82, 2.24) is 4.90 Å². The molecule has 0 aromatic rings.